The Bertz CT molecular complexity index is 853. The van der Waals surface area contributed by atoms with Gasteiger partial charge in [-0.3, -0.25) is 14.9 Å². The monoisotopic (exact) mass is 385 g/mol. The maximum atomic E-state index is 11.6. The van der Waals surface area contributed by atoms with Crippen molar-refractivity contribution in [2.24, 2.45) is 0 Å². The van der Waals surface area contributed by atoms with Crippen molar-refractivity contribution >= 4 is 35.1 Å². The minimum absolute atomic E-state index is 0.0284. The highest BCUT2D eigenvalue weighted by Crippen LogP contribution is 2.32. The van der Waals surface area contributed by atoms with Crippen LogP contribution < -0.4 is 15.1 Å². The number of anilines is 4. The fourth-order valence-corrected chi connectivity index (χ4v) is 3.10. The second-order valence-corrected chi connectivity index (χ2v) is 6.48. The van der Waals surface area contributed by atoms with E-state index in [0.717, 1.165) is 38.4 Å². The molecule has 1 amide bonds. The van der Waals surface area contributed by atoms with E-state index in [1.54, 1.807) is 25.2 Å². The van der Waals surface area contributed by atoms with Gasteiger partial charge < -0.3 is 20.0 Å². The first kappa shape index (κ1) is 19.5. The van der Waals surface area contributed by atoms with Gasteiger partial charge in [0.25, 0.3) is 5.69 Å². The fourth-order valence-electron chi connectivity index (χ4n) is 3.10. The van der Waals surface area contributed by atoms with Crippen LogP contribution in [0.1, 0.15) is 6.92 Å². The molecule has 0 saturated carbocycles. The molecule has 0 bridgehead atoms. The van der Waals surface area contributed by atoms with Crippen molar-refractivity contribution in [3.63, 3.8) is 0 Å². The average molecular weight is 385 g/mol. The van der Waals surface area contributed by atoms with E-state index in [2.05, 4.69) is 32.0 Å². The second kappa shape index (κ2) is 8.61. The molecule has 1 N–H and O–H groups in total. The summed E-state index contributed by atoms with van der Waals surface area (Å²) in [6.45, 7) is 6.70. The van der Waals surface area contributed by atoms with Crippen molar-refractivity contribution in [3.05, 3.63) is 40.7 Å². The average Bonchev–Trinajstić information content (AvgIpc) is 2.73. The molecule has 0 radical (unpaired) electrons. The molecular weight excluding hydrogens is 362 g/mol. The number of rotatable bonds is 7. The molecule has 1 aromatic carbocycles. The number of hydrogen-bond donors (Lipinski definition) is 1. The zero-order valence-corrected chi connectivity index (χ0v) is 15.9. The van der Waals surface area contributed by atoms with Crippen LogP contribution in [0.25, 0.3) is 0 Å². The topological polar surface area (TPSA) is 108 Å². The number of piperazine rings is 1. The highest BCUT2D eigenvalue weighted by molar-refractivity contribution is 5.76. The van der Waals surface area contributed by atoms with Crippen LogP contribution >= 0.6 is 0 Å². The van der Waals surface area contributed by atoms with E-state index in [1.165, 1.54) is 11.2 Å². The first-order valence-electron chi connectivity index (χ1n) is 9.04. The van der Waals surface area contributed by atoms with Crippen LogP contribution in [0, 0.1) is 10.1 Å². The summed E-state index contributed by atoms with van der Waals surface area (Å²) in [6.07, 6.45) is 1.92. The zero-order chi connectivity index (χ0) is 20.1. The number of likely N-dealkylation sites (N-methyl/N-ethyl adjacent to an activating group) is 1. The summed E-state index contributed by atoms with van der Waals surface area (Å²) in [5.41, 5.74) is 1.13. The SMILES string of the molecule is CCN1CCN(c2ccc(Nc3cc(N(C)C=O)ncn3)c([N+](=O)[O-])c2)CC1. The van der Waals surface area contributed by atoms with Crippen molar-refractivity contribution in [1.29, 1.82) is 0 Å². The van der Waals surface area contributed by atoms with E-state index in [0.29, 0.717) is 23.7 Å². The second-order valence-electron chi connectivity index (χ2n) is 6.48. The van der Waals surface area contributed by atoms with E-state index in [9.17, 15) is 14.9 Å². The molecule has 1 saturated heterocycles. The molecule has 0 atom stereocenters. The Balaban J connectivity index is 1.82. The molecule has 3 rings (SSSR count). The number of hydrogen-bond acceptors (Lipinski definition) is 8. The van der Waals surface area contributed by atoms with Crippen LogP contribution in [-0.4, -0.2) is 66.0 Å². The number of nitrogens with one attached hydrogen (secondary N) is 1. The van der Waals surface area contributed by atoms with Gasteiger partial charge in [-0.1, -0.05) is 6.92 Å². The molecule has 10 heteroatoms. The van der Waals surface area contributed by atoms with E-state index in [-0.39, 0.29) is 5.69 Å². The third kappa shape index (κ3) is 4.34. The number of amides is 1. The molecule has 1 aliphatic heterocycles. The number of nitro groups is 1. The number of carbonyl (C=O) groups is 1. The molecule has 148 valence electrons. The van der Waals surface area contributed by atoms with Crippen molar-refractivity contribution in [3.8, 4) is 0 Å². The molecule has 1 aliphatic rings. The van der Waals surface area contributed by atoms with Crippen LogP contribution in [-0.2, 0) is 4.79 Å². The van der Waals surface area contributed by atoms with Crippen molar-refractivity contribution < 1.29 is 9.72 Å². The molecule has 2 aromatic rings. The number of aromatic nitrogens is 2. The molecule has 28 heavy (non-hydrogen) atoms. The predicted octanol–water partition coefficient (Wildman–Crippen LogP) is 1.86. The minimum Gasteiger partial charge on any atom is -0.369 e. The fraction of sp³-hybridized carbons (Fsp3) is 0.389. The summed E-state index contributed by atoms with van der Waals surface area (Å²) in [7, 11) is 1.56. The molecule has 0 aliphatic carbocycles. The molecule has 0 spiro atoms. The van der Waals surface area contributed by atoms with Gasteiger partial charge >= 0.3 is 0 Å². The van der Waals surface area contributed by atoms with Gasteiger partial charge in [-0.05, 0) is 18.7 Å². The zero-order valence-electron chi connectivity index (χ0n) is 15.9. The normalized spacial score (nSPS) is 14.6. The quantitative estimate of drug-likeness (QED) is 0.437. The Morgan fingerprint density at radius 1 is 1.25 bits per heavy atom. The summed E-state index contributed by atoms with van der Waals surface area (Å²) in [6, 6.07) is 6.70. The van der Waals surface area contributed by atoms with Crippen molar-refractivity contribution in [1.82, 2.24) is 14.9 Å². The number of benzene rings is 1. The number of nitrogens with zero attached hydrogens (tertiary/aromatic N) is 6. The van der Waals surface area contributed by atoms with E-state index >= 15 is 0 Å². The Morgan fingerprint density at radius 2 is 2.00 bits per heavy atom. The minimum atomic E-state index is -0.409. The highest BCUT2D eigenvalue weighted by Gasteiger charge is 2.21. The van der Waals surface area contributed by atoms with Crippen molar-refractivity contribution in [2.75, 3.05) is 54.9 Å². The lowest BCUT2D eigenvalue weighted by Gasteiger charge is -2.35. The standard InChI is InChI=1S/C18H23N7O3/c1-3-23-6-8-24(9-7-23)14-4-5-15(16(10-14)25(27)28)21-17-11-18(20-12-19-17)22(2)13-26/h4-5,10-13H,3,6-9H2,1-2H3,(H,19,20,21). The van der Waals surface area contributed by atoms with Crippen LogP contribution in [0.3, 0.4) is 0 Å². The van der Waals surface area contributed by atoms with Gasteiger partial charge in [-0.15, -0.1) is 0 Å². The first-order valence-corrected chi connectivity index (χ1v) is 9.04. The van der Waals surface area contributed by atoms with Gasteiger partial charge in [0.15, 0.2) is 0 Å². The first-order chi connectivity index (χ1) is 13.5. The van der Waals surface area contributed by atoms with E-state index in [1.807, 2.05) is 6.07 Å². The van der Waals surface area contributed by atoms with Crippen LogP contribution in [0.2, 0.25) is 0 Å². The van der Waals surface area contributed by atoms with Gasteiger partial charge in [-0.2, -0.15) is 0 Å². The summed E-state index contributed by atoms with van der Waals surface area (Å²) < 4.78 is 0. The summed E-state index contributed by atoms with van der Waals surface area (Å²) >= 11 is 0. The lowest BCUT2D eigenvalue weighted by molar-refractivity contribution is -0.383. The van der Waals surface area contributed by atoms with Crippen LogP contribution in [0.5, 0.6) is 0 Å². The number of carbonyl (C=O) groups excluding carboxylic acids is 1. The smallest absolute Gasteiger partial charge is 0.294 e. The summed E-state index contributed by atoms with van der Waals surface area (Å²) in [5, 5.41) is 14.6. The maximum Gasteiger partial charge on any atom is 0.294 e. The largest absolute Gasteiger partial charge is 0.369 e. The maximum absolute atomic E-state index is 11.6. The molecule has 2 heterocycles. The molecule has 1 aromatic heterocycles. The van der Waals surface area contributed by atoms with Crippen LogP contribution in [0.4, 0.5) is 28.7 Å². The Hall–Kier alpha value is -3.27. The summed E-state index contributed by atoms with van der Waals surface area (Å²) in [4.78, 5) is 36.0. The van der Waals surface area contributed by atoms with Crippen LogP contribution in [0.15, 0.2) is 30.6 Å². The van der Waals surface area contributed by atoms with E-state index < -0.39 is 4.92 Å². The molecule has 1 fully saturated rings. The Kier molecular flexibility index (Phi) is 5.99. The Morgan fingerprint density at radius 3 is 2.64 bits per heavy atom. The third-order valence-corrected chi connectivity index (χ3v) is 4.80. The predicted molar refractivity (Wildman–Crippen MR) is 107 cm³/mol. The Labute approximate surface area is 162 Å². The van der Waals surface area contributed by atoms with Gasteiger partial charge in [-0.25, -0.2) is 9.97 Å². The molecule has 0 unspecified atom stereocenters. The van der Waals surface area contributed by atoms with Gasteiger partial charge in [0.05, 0.1) is 4.92 Å². The number of nitro benzene ring substituents is 1. The van der Waals surface area contributed by atoms with Gasteiger partial charge in [0, 0.05) is 51.0 Å². The highest BCUT2D eigenvalue weighted by atomic mass is 16.6. The van der Waals surface area contributed by atoms with Gasteiger partial charge in [0.2, 0.25) is 6.41 Å². The third-order valence-electron chi connectivity index (χ3n) is 4.80. The molecular formula is C18H23N7O3. The molecule has 10 nitrogen and oxygen atoms in total. The lowest BCUT2D eigenvalue weighted by atomic mass is 10.2. The lowest BCUT2D eigenvalue weighted by Crippen LogP contribution is -2.46. The summed E-state index contributed by atoms with van der Waals surface area (Å²) in [5.74, 6) is 0.756. The van der Waals surface area contributed by atoms with Gasteiger partial charge in [0.1, 0.15) is 23.7 Å². The van der Waals surface area contributed by atoms with E-state index in [4.69, 9.17) is 0 Å². The van der Waals surface area contributed by atoms with Crippen molar-refractivity contribution in [2.45, 2.75) is 6.92 Å².